The van der Waals surface area contributed by atoms with Gasteiger partial charge in [0.1, 0.15) is 24.4 Å². The lowest BCUT2D eigenvalue weighted by atomic mass is 9.93. The van der Waals surface area contributed by atoms with E-state index in [9.17, 15) is 14.7 Å². The molecular formula is C24H23ClN2O6. The molecule has 172 valence electrons. The molecule has 0 bridgehead atoms. The van der Waals surface area contributed by atoms with Crippen LogP contribution in [0, 0.1) is 0 Å². The van der Waals surface area contributed by atoms with Gasteiger partial charge in [-0.25, -0.2) is 0 Å². The predicted molar refractivity (Wildman–Crippen MR) is 122 cm³/mol. The van der Waals surface area contributed by atoms with Gasteiger partial charge in [-0.3, -0.25) is 14.5 Å². The Morgan fingerprint density at radius 1 is 1.09 bits per heavy atom. The van der Waals surface area contributed by atoms with Crippen molar-refractivity contribution in [3.05, 3.63) is 68.5 Å². The summed E-state index contributed by atoms with van der Waals surface area (Å²) in [4.78, 5) is 30.3. The smallest absolute Gasteiger partial charge is 0.293 e. The molecular weight excluding hydrogens is 448 g/mol. The van der Waals surface area contributed by atoms with Crippen LogP contribution >= 0.6 is 11.6 Å². The van der Waals surface area contributed by atoms with Gasteiger partial charge in [0, 0.05) is 17.1 Å². The van der Waals surface area contributed by atoms with Gasteiger partial charge >= 0.3 is 0 Å². The molecule has 2 aliphatic rings. The fourth-order valence-corrected chi connectivity index (χ4v) is 4.58. The second-order valence-corrected chi connectivity index (χ2v) is 8.86. The van der Waals surface area contributed by atoms with Crippen LogP contribution in [0.5, 0.6) is 11.5 Å². The van der Waals surface area contributed by atoms with Crippen LogP contribution in [0.2, 0.25) is 5.02 Å². The van der Waals surface area contributed by atoms with E-state index in [2.05, 4.69) is 0 Å². The number of halogens is 1. The van der Waals surface area contributed by atoms with Crippen molar-refractivity contribution in [2.75, 3.05) is 40.4 Å². The third-order valence-corrected chi connectivity index (χ3v) is 6.20. The van der Waals surface area contributed by atoms with Crippen LogP contribution in [0.15, 0.2) is 45.6 Å². The number of benzene rings is 2. The number of rotatable bonds is 5. The van der Waals surface area contributed by atoms with Crippen molar-refractivity contribution >= 4 is 28.5 Å². The van der Waals surface area contributed by atoms with E-state index in [1.807, 2.05) is 19.0 Å². The van der Waals surface area contributed by atoms with Gasteiger partial charge in [-0.2, -0.15) is 0 Å². The number of hydrogen-bond donors (Lipinski definition) is 1. The molecule has 33 heavy (non-hydrogen) atoms. The molecule has 3 heterocycles. The van der Waals surface area contributed by atoms with Gasteiger partial charge in [0.25, 0.3) is 5.91 Å². The lowest BCUT2D eigenvalue weighted by Gasteiger charge is -2.35. The topological polar surface area (TPSA) is 92.5 Å². The number of fused-ring (bicyclic) bond motifs is 3. The minimum Gasteiger partial charge on any atom is -0.486 e. The molecule has 0 aliphatic carbocycles. The van der Waals surface area contributed by atoms with Crippen LogP contribution in [-0.4, -0.2) is 61.2 Å². The molecule has 0 radical (unpaired) electrons. The predicted octanol–water partition coefficient (Wildman–Crippen LogP) is 2.82. The van der Waals surface area contributed by atoms with Gasteiger partial charge in [0.05, 0.1) is 5.39 Å². The van der Waals surface area contributed by atoms with Crippen LogP contribution in [0.25, 0.3) is 11.0 Å². The van der Waals surface area contributed by atoms with E-state index in [4.69, 9.17) is 25.5 Å². The van der Waals surface area contributed by atoms with Crippen LogP contribution < -0.4 is 14.9 Å². The number of carbonyl (C=O) groups excluding carboxylic acids is 1. The number of carbonyl (C=O) groups is 1. The highest BCUT2D eigenvalue weighted by atomic mass is 35.5. The first kappa shape index (κ1) is 21.8. The van der Waals surface area contributed by atoms with Crippen molar-refractivity contribution in [2.24, 2.45) is 0 Å². The van der Waals surface area contributed by atoms with Crippen LogP contribution in [0.4, 0.5) is 0 Å². The van der Waals surface area contributed by atoms with Crippen molar-refractivity contribution in [1.82, 2.24) is 9.80 Å². The highest BCUT2D eigenvalue weighted by Gasteiger charge is 2.54. The Morgan fingerprint density at radius 3 is 2.61 bits per heavy atom. The summed E-state index contributed by atoms with van der Waals surface area (Å²) < 4.78 is 17.1. The zero-order chi connectivity index (χ0) is 23.3. The Labute approximate surface area is 194 Å². The molecule has 1 atom stereocenters. The molecule has 0 spiro atoms. The van der Waals surface area contributed by atoms with Crippen LogP contribution in [-0.2, 0) is 5.72 Å². The summed E-state index contributed by atoms with van der Waals surface area (Å²) in [6.07, 6.45) is 0.582. The first-order valence-corrected chi connectivity index (χ1v) is 11.0. The average Bonchev–Trinajstić information content (AvgIpc) is 3.01. The molecule has 1 amide bonds. The second kappa shape index (κ2) is 8.06. The second-order valence-electron chi connectivity index (χ2n) is 8.42. The number of nitrogens with zero attached hydrogens (tertiary/aromatic N) is 2. The third kappa shape index (κ3) is 3.45. The third-order valence-electron chi connectivity index (χ3n) is 5.96. The maximum absolute atomic E-state index is 13.6. The number of aliphatic hydroxyl groups is 1. The Hall–Kier alpha value is -3.07. The van der Waals surface area contributed by atoms with Gasteiger partial charge in [-0.1, -0.05) is 11.6 Å². The molecule has 2 aliphatic heterocycles. The lowest BCUT2D eigenvalue weighted by molar-refractivity contribution is -0.0515. The van der Waals surface area contributed by atoms with E-state index in [1.165, 1.54) is 11.0 Å². The van der Waals surface area contributed by atoms with Gasteiger partial charge in [-0.15, -0.1) is 0 Å². The van der Waals surface area contributed by atoms with Crippen molar-refractivity contribution < 1.29 is 23.8 Å². The van der Waals surface area contributed by atoms with Crippen LogP contribution in [0.3, 0.4) is 0 Å². The van der Waals surface area contributed by atoms with Crippen molar-refractivity contribution in [3.63, 3.8) is 0 Å². The highest BCUT2D eigenvalue weighted by molar-refractivity contribution is 6.31. The van der Waals surface area contributed by atoms with Crippen LogP contribution in [0.1, 0.15) is 28.1 Å². The van der Waals surface area contributed by atoms with E-state index in [-0.39, 0.29) is 28.8 Å². The largest absolute Gasteiger partial charge is 0.486 e. The molecule has 1 aromatic heterocycles. The van der Waals surface area contributed by atoms with E-state index < -0.39 is 17.1 Å². The maximum Gasteiger partial charge on any atom is 0.293 e. The summed E-state index contributed by atoms with van der Waals surface area (Å²) in [5, 5.41) is 12.7. The fourth-order valence-electron chi connectivity index (χ4n) is 4.41. The summed E-state index contributed by atoms with van der Waals surface area (Å²) in [5.74, 6) is 0.260. The summed E-state index contributed by atoms with van der Waals surface area (Å²) in [6.45, 7) is 1.69. The Bertz CT molecular complexity index is 1320. The molecule has 9 heteroatoms. The lowest BCUT2D eigenvalue weighted by Crippen LogP contribution is -2.47. The molecule has 8 nitrogen and oxygen atoms in total. The molecule has 1 unspecified atom stereocenters. The van der Waals surface area contributed by atoms with Gasteiger partial charge in [0.15, 0.2) is 11.5 Å². The minimum absolute atomic E-state index is 0.121. The van der Waals surface area contributed by atoms with E-state index >= 15 is 0 Å². The van der Waals surface area contributed by atoms with Crippen molar-refractivity contribution in [1.29, 1.82) is 0 Å². The van der Waals surface area contributed by atoms with E-state index in [0.717, 1.165) is 0 Å². The number of ether oxygens (including phenoxy) is 2. The summed E-state index contributed by atoms with van der Waals surface area (Å²) in [7, 11) is 3.85. The molecule has 0 saturated carbocycles. The molecule has 3 aromatic rings. The Morgan fingerprint density at radius 2 is 1.85 bits per heavy atom. The Balaban J connectivity index is 1.72. The molecule has 2 aromatic carbocycles. The van der Waals surface area contributed by atoms with Crippen molar-refractivity contribution in [2.45, 2.75) is 12.1 Å². The maximum atomic E-state index is 13.6. The minimum atomic E-state index is -2.04. The number of hydrogen-bond acceptors (Lipinski definition) is 7. The zero-order valence-electron chi connectivity index (χ0n) is 18.3. The molecule has 0 fully saturated rings. The number of amides is 1. The SMILES string of the molecule is CN(C)CCCN1C(=O)c2oc3ccc(Cl)cc3c(=O)c2C1(O)c1ccc2c(c1)OCCO2. The highest BCUT2D eigenvalue weighted by Crippen LogP contribution is 2.44. The summed E-state index contributed by atoms with van der Waals surface area (Å²) in [5.41, 5.74) is -2.11. The first-order chi connectivity index (χ1) is 15.8. The van der Waals surface area contributed by atoms with Gasteiger partial charge in [-0.05, 0) is 63.5 Å². The molecule has 1 N–H and O–H groups in total. The van der Waals surface area contributed by atoms with Crippen molar-refractivity contribution in [3.8, 4) is 11.5 Å². The van der Waals surface area contributed by atoms with Gasteiger partial charge < -0.3 is 23.9 Å². The van der Waals surface area contributed by atoms with E-state index in [1.54, 1.807) is 30.3 Å². The standard InChI is InChI=1S/C24H23ClN2O6/c1-26(2)8-3-9-27-23(29)22-20(21(28)16-13-15(25)5-7-17(16)33-22)24(27,30)14-4-6-18-19(12-14)32-11-10-31-18/h4-7,12-13,30H,3,8-11H2,1-2H3. The summed E-state index contributed by atoms with van der Waals surface area (Å²) in [6, 6.07) is 9.52. The Kier molecular flexibility index (Phi) is 5.31. The van der Waals surface area contributed by atoms with E-state index in [0.29, 0.717) is 48.3 Å². The zero-order valence-corrected chi connectivity index (χ0v) is 19.0. The molecule has 5 rings (SSSR count). The fraction of sp³-hybridized carbons (Fsp3) is 0.333. The quantitative estimate of drug-likeness (QED) is 0.613. The monoisotopic (exact) mass is 470 g/mol. The summed E-state index contributed by atoms with van der Waals surface area (Å²) >= 11 is 6.11. The average molecular weight is 471 g/mol. The molecule has 0 saturated heterocycles. The van der Waals surface area contributed by atoms with Gasteiger partial charge in [0.2, 0.25) is 16.9 Å². The first-order valence-electron chi connectivity index (χ1n) is 10.7. The normalized spacial score (nSPS) is 19.4.